The SMILES string of the molecule is CC1CCN(C(C)CC(C)(CO)NC2CC2)C(C)C1. The monoisotopic (exact) mass is 268 g/mol. The van der Waals surface area contributed by atoms with E-state index in [0.29, 0.717) is 18.1 Å². The Morgan fingerprint density at radius 1 is 1.32 bits per heavy atom. The normalized spacial score (nSPS) is 33.9. The van der Waals surface area contributed by atoms with E-state index in [9.17, 15) is 5.11 Å². The van der Waals surface area contributed by atoms with Gasteiger partial charge in [-0.25, -0.2) is 0 Å². The van der Waals surface area contributed by atoms with Crippen LogP contribution in [0.3, 0.4) is 0 Å². The van der Waals surface area contributed by atoms with Crippen LogP contribution in [-0.4, -0.2) is 46.8 Å². The second-order valence-corrected chi connectivity index (χ2v) is 7.41. The van der Waals surface area contributed by atoms with Crippen LogP contribution < -0.4 is 5.32 Å². The summed E-state index contributed by atoms with van der Waals surface area (Å²) in [4.78, 5) is 2.64. The van der Waals surface area contributed by atoms with Gasteiger partial charge in [0, 0.05) is 23.7 Å². The van der Waals surface area contributed by atoms with Crippen molar-refractivity contribution in [3.8, 4) is 0 Å². The number of nitrogens with one attached hydrogen (secondary N) is 1. The lowest BCUT2D eigenvalue weighted by atomic mass is 9.88. The van der Waals surface area contributed by atoms with Crippen molar-refractivity contribution in [2.24, 2.45) is 5.92 Å². The average Bonchev–Trinajstić information content (AvgIpc) is 3.12. The van der Waals surface area contributed by atoms with E-state index in [4.69, 9.17) is 0 Å². The van der Waals surface area contributed by atoms with E-state index < -0.39 is 0 Å². The first kappa shape index (κ1) is 15.3. The van der Waals surface area contributed by atoms with Gasteiger partial charge in [-0.3, -0.25) is 4.90 Å². The first-order valence-corrected chi connectivity index (χ1v) is 8.08. The van der Waals surface area contributed by atoms with Gasteiger partial charge < -0.3 is 10.4 Å². The lowest BCUT2D eigenvalue weighted by Crippen LogP contribution is -2.54. The Hall–Kier alpha value is -0.120. The zero-order valence-corrected chi connectivity index (χ0v) is 13.2. The Balaban J connectivity index is 1.89. The van der Waals surface area contributed by atoms with Crippen molar-refractivity contribution in [1.82, 2.24) is 10.2 Å². The van der Waals surface area contributed by atoms with Gasteiger partial charge in [-0.15, -0.1) is 0 Å². The van der Waals surface area contributed by atoms with Crippen LogP contribution in [-0.2, 0) is 0 Å². The smallest absolute Gasteiger partial charge is 0.0611 e. The van der Waals surface area contributed by atoms with E-state index >= 15 is 0 Å². The fourth-order valence-corrected chi connectivity index (χ4v) is 3.74. The summed E-state index contributed by atoms with van der Waals surface area (Å²) >= 11 is 0. The van der Waals surface area contributed by atoms with Crippen LogP contribution in [0, 0.1) is 5.92 Å². The molecule has 1 aliphatic heterocycles. The van der Waals surface area contributed by atoms with Crippen LogP contribution >= 0.6 is 0 Å². The molecule has 1 heterocycles. The predicted molar refractivity (Wildman–Crippen MR) is 80.3 cm³/mol. The molecule has 0 bridgehead atoms. The van der Waals surface area contributed by atoms with Crippen molar-refractivity contribution >= 4 is 0 Å². The van der Waals surface area contributed by atoms with Gasteiger partial charge in [0.05, 0.1) is 6.61 Å². The Morgan fingerprint density at radius 2 is 2.00 bits per heavy atom. The number of rotatable bonds is 6. The standard InChI is InChI=1S/C16H32N2O/c1-12-7-8-18(13(2)9-12)14(3)10-16(4,11-19)17-15-5-6-15/h12-15,17,19H,5-11H2,1-4H3. The number of aliphatic hydroxyl groups is 1. The van der Waals surface area contributed by atoms with E-state index in [1.807, 2.05) is 0 Å². The number of nitrogens with zero attached hydrogens (tertiary/aromatic N) is 1. The highest BCUT2D eigenvalue weighted by Crippen LogP contribution is 2.29. The highest BCUT2D eigenvalue weighted by atomic mass is 16.3. The Labute approximate surface area is 118 Å². The van der Waals surface area contributed by atoms with Crippen molar-refractivity contribution in [2.45, 2.75) is 83.5 Å². The summed E-state index contributed by atoms with van der Waals surface area (Å²) in [6.07, 6.45) is 6.23. The minimum absolute atomic E-state index is 0.108. The second kappa shape index (κ2) is 6.11. The molecular formula is C16H32N2O. The fraction of sp³-hybridized carbons (Fsp3) is 1.00. The van der Waals surface area contributed by atoms with E-state index in [2.05, 4.69) is 37.9 Å². The maximum atomic E-state index is 9.74. The quantitative estimate of drug-likeness (QED) is 0.776. The molecule has 0 spiro atoms. The van der Waals surface area contributed by atoms with Crippen molar-refractivity contribution in [2.75, 3.05) is 13.2 Å². The highest BCUT2D eigenvalue weighted by Gasteiger charge is 2.35. The molecule has 2 N–H and O–H groups in total. The summed E-state index contributed by atoms with van der Waals surface area (Å²) in [5, 5.41) is 13.4. The van der Waals surface area contributed by atoms with Gasteiger partial charge in [-0.2, -0.15) is 0 Å². The lowest BCUT2D eigenvalue weighted by molar-refractivity contribution is 0.0570. The van der Waals surface area contributed by atoms with E-state index in [1.54, 1.807) is 0 Å². The molecule has 4 atom stereocenters. The van der Waals surface area contributed by atoms with Crippen LogP contribution in [0.2, 0.25) is 0 Å². The summed E-state index contributed by atoms with van der Waals surface area (Å²) in [7, 11) is 0. The molecule has 4 unspecified atom stereocenters. The highest BCUT2D eigenvalue weighted by molar-refractivity contribution is 4.95. The number of piperidine rings is 1. The Bertz CT molecular complexity index is 292. The van der Waals surface area contributed by atoms with Crippen LogP contribution in [0.4, 0.5) is 0 Å². The van der Waals surface area contributed by atoms with Gasteiger partial charge in [0.2, 0.25) is 0 Å². The van der Waals surface area contributed by atoms with Gasteiger partial charge >= 0.3 is 0 Å². The summed E-state index contributed by atoms with van der Waals surface area (Å²) in [5.74, 6) is 0.868. The Morgan fingerprint density at radius 3 is 2.53 bits per heavy atom. The summed E-state index contributed by atoms with van der Waals surface area (Å²) in [5.41, 5.74) is -0.108. The van der Waals surface area contributed by atoms with Gasteiger partial charge in [0.15, 0.2) is 0 Å². The molecule has 19 heavy (non-hydrogen) atoms. The molecule has 1 saturated heterocycles. The number of hydrogen-bond acceptors (Lipinski definition) is 3. The molecule has 3 heteroatoms. The number of aliphatic hydroxyl groups excluding tert-OH is 1. The van der Waals surface area contributed by atoms with Gasteiger partial charge in [0.25, 0.3) is 0 Å². The van der Waals surface area contributed by atoms with Crippen molar-refractivity contribution in [3.05, 3.63) is 0 Å². The zero-order valence-electron chi connectivity index (χ0n) is 13.2. The van der Waals surface area contributed by atoms with Crippen LogP contribution in [0.5, 0.6) is 0 Å². The van der Waals surface area contributed by atoms with Crippen LogP contribution in [0.1, 0.15) is 59.8 Å². The minimum Gasteiger partial charge on any atom is -0.394 e. The molecule has 0 aromatic heterocycles. The molecule has 2 aliphatic rings. The lowest BCUT2D eigenvalue weighted by Gasteiger charge is -2.43. The average molecular weight is 268 g/mol. The van der Waals surface area contributed by atoms with Gasteiger partial charge in [0.1, 0.15) is 0 Å². The molecule has 2 rings (SSSR count). The third kappa shape index (κ3) is 4.17. The molecule has 0 radical (unpaired) electrons. The molecule has 1 saturated carbocycles. The first-order valence-electron chi connectivity index (χ1n) is 8.08. The van der Waals surface area contributed by atoms with Crippen molar-refractivity contribution in [1.29, 1.82) is 0 Å². The van der Waals surface area contributed by atoms with Crippen LogP contribution in [0.15, 0.2) is 0 Å². The van der Waals surface area contributed by atoms with E-state index in [0.717, 1.165) is 12.3 Å². The van der Waals surface area contributed by atoms with Crippen LogP contribution in [0.25, 0.3) is 0 Å². The Kier molecular flexibility index (Phi) is 4.91. The zero-order chi connectivity index (χ0) is 14.0. The fourth-order valence-electron chi connectivity index (χ4n) is 3.74. The maximum Gasteiger partial charge on any atom is 0.0611 e. The largest absolute Gasteiger partial charge is 0.394 e. The molecule has 0 amide bonds. The third-order valence-corrected chi connectivity index (χ3v) is 4.98. The topological polar surface area (TPSA) is 35.5 Å². The molecule has 1 aliphatic carbocycles. The van der Waals surface area contributed by atoms with Gasteiger partial charge in [-0.1, -0.05) is 6.92 Å². The molecule has 3 nitrogen and oxygen atoms in total. The predicted octanol–water partition coefficient (Wildman–Crippen LogP) is 2.39. The van der Waals surface area contributed by atoms with Crippen molar-refractivity contribution < 1.29 is 5.11 Å². The number of likely N-dealkylation sites (tertiary alicyclic amines) is 1. The molecule has 0 aromatic rings. The summed E-state index contributed by atoms with van der Waals surface area (Å²) in [6, 6.07) is 1.89. The first-order chi connectivity index (χ1) is 8.93. The molecule has 112 valence electrons. The van der Waals surface area contributed by atoms with E-state index in [-0.39, 0.29) is 12.1 Å². The molecule has 0 aromatic carbocycles. The maximum absolute atomic E-state index is 9.74. The molecule has 2 fully saturated rings. The third-order valence-electron chi connectivity index (χ3n) is 4.98. The van der Waals surface area contributed by atoms with E-state index in [1.165, 1.54) is 32.2 Å². The summed E-state index contributed by atoms with van der Waals surface area (Å²) in [6.45, 7) is 10.7. The minimum atomic E-state index is -0.108. The van der Waals surface area contributed by atoms with Crippen molar-refractivity contribution in [3.63, 3.8) is 0 Å². The summed E-state index contributed by atoms with van der Waals surface area (Å²) < 4.78 is 0. The second-order valence-electron chi connectivity index (χ2n) is 7.41. The molecular weight excluding hydrogens is 236 g/mol. The van der Waals surface area contributed by atoms with Gasteiger partial charge in [-0.05, 0) is 65.3 Å². The number of hydrogen-bond donors (Lipinski definition) is 2.